The van der Waals surface area contributed by atoms with Crippen molar-refractivity contribution in [2.75, 3.05) is 6.54 Å². The van der Waals surface area contributed by atoms with Gasteiger partial charge in [-0.25, -0.2) is 0 Å². The molecule has 1 rings (SSSR count). The number of amides is 2. The summed E-state index contributed by atoms with van der Waals surface area (Å²) in [7, 11) is 0. The third-order valence-corrected chi connectivity index (χ3v) is 3.63. The summed E-state index contributed by atoms with van der Waals surface area (Å²) in [5.74, 6) is 0.587. The van der Waals surface area contributed by atoms with Gasteiger partial charge >= 0.3 is 0 Å². The average Bonchev–Trinajstić information content (AvgIpc) is 2.27. The second-order valence-electron chi connectivity index (χ2n) is 6.95. The smallest absolute Gasteiger partial charge is 0.245 e. The van der Waals surface area contributed by atoms with Crippen molar-refractivity contribution >= 4 is 11.8 Å². The number of carbonyl (C=O) groups excluding carboxylic acids is 2. The first-order valence-electron chi connectivity index (χ1n) is 7.29. The maximum Gasteiger partial charge on any atom is 0.245 e. The largest absolute Gasteiger partial charge is 0.342 e. The summed E-state index contributed by atoms with van der Waals surface area (Å²) < 4.78 is 0. The SMILES string of the molecule is CCC1NC(=O)C(C(C)(C)C)N(CCC(C)C)C1=O. The van der Waals surface area contributed by atoms with Gasteiger partial charge in [0.25, 0.3) is 0 Å². The molecule has 1 aliphatic rings. The minimum absolute atomic E-state index is 0.0114. The molecular weight excluding hydrogens is 240 g/mol. The van der Waals surface area contributed by atoms with Gasteiger partial charge in [0.05, 0.1) is 0 Å². The van der Waals surface area contributed by atoms with Crippen molar-refractivity contribution in [2.24, 2.45) is 11.3 Å². The van der Waals surface area contributed by atoms with Gasteiger partial charge in [0, 0.05) is 6.54 Å². The van der Waals surface area contributed by atoms with Crippen LogP contribution in [-0.4, -0.2) is 35.3 Å². The van der Waals surface area contributed by atoms with E-state index in [1.54, 1.807) is 4.90 Å². The molecule has 0 aromatic heterocycles. The standard InChI is InChI=1S/C15H28N2O2/c1-7-11-14(19)17(9-8-10(2)3)12(13(18)16-11)15(4,5)6/h10-12H,7-9H2,1-6H3,(H,16,18). The van der Waals surface area contributed by atoms with Crippen molar-refractivity contribution in [1.82, 2.24) is 10.2 Å². The molecular formula is C15H28N2O2. The average molecular weight is 268 g/mol. The van der Waals surface area contributed by atoms with Crippen LogP contribution in [0.3, 0.4) is 0 Å². The van der Waals surface area contributed by atoms with E-state index in [4.69, 9.17) is 0 Å². The van der Waals surface area contributed by atoms with Gasteiger partial charge in [0.1, 0.15) is 12.1 Å². The first-order valence-corrected chi connectivity index (χ1v) is 7.29. The maximum atomic E-state index is 12.5. The quantitative estimate of drug-likeness (QED) is 0.849. The van der Waals surface area contributed by atoms with Gasteiger partial charge in [-0.1, -0.05) is 41.5 Å². The Bertz CT molecular complexity index is 345. The Balaban J connectivity index is 2.98. The molecule has 0 radical (unpaired) electrons. The fourth-order valence-corrected chi connectivity index (χ4v) is 2.56. The minimum Gasteiger partial charge on any atom is -0.342 e. The minimum atomic E-state index is -0.360. The number of hydrogen-bond acceptors (Lipinski definition) is 2. The molecule has 19 heavy (non-hydrogen) atoms. The first kappa shape index (κ1) is 16.0. The van der Waals surface area contributed by atoms with Crippen LogP contribution in [0.1, 0.15) is 54.4 Å². The third kappa shape index (κ3) is 3.71. The summed E-state index contributed by atoms with van der Waals surface area (Å²) in [5.41, 5.74) is -0.241. The summed E-state index contributed by atoms with van der Waals surface area (Å²) in [6.45, 7) is 12.9. The van der Waals surface area contributed by atoms with Gasteiger partial charge in [0.2, 0.25) is 11.8 Å². The van der Waals surface area contributed by atoms with Crippen LogP contribution in [0.4, 0.5) is 0 Å². The highest BCUT2D eigenvalue weighted by Gasteiger charge is 2.45. The second kappa shape index (κ2) is 5.93. The summed E-state index contributed by atoms with van der Waals surface area (Å²) in [4.78, 5) is 26.6. The number of piperazine rings is 1. The molecule has 0 aromatic carbocycles. The predicted octanol–water partition coefficient (Wildman–Crippen LogP) is 2.18. The molecule has 1 heterocycles. The van der Waals surface area contributed by atoms with E-state index in [-0.39, 0.29) is 29.3 Å². The Hall–Kier alpha value is -1.06. The van der Waals surface area contributed by atoms with Crippen LogP contribution in [0, 0.1) is 11.3 Å². The fraction of sp³-hybridized carbons (Fsp3) is 0.867. The van der Waals surface area contributed by atoms with Crippen molar-refractivity contribution in [3.05, 3.63) is 0 Å². The van der Waals surface area contributed by atoms with E-state index in [0.717, 1.165) is 6.42 Å². The van der Waals surface area contributed by atoms with E-state index >= 15 is 0 Å². The number of rotatable bonds is 4. The lowest BCUT2D eigenvalue weighted by Crippen LogP contribution is -2.66. The highest BCUT2D eigenvalue weighted by Crippen LogP contribution is 2.28. The highest BCUT2D eigenvalue weighted by molar-refractivity contribution is 5.97. The van der Waals surface area contributed by atoms with E-state index in [1.165, 1.54) is 0 Å². The highest BCUT2D eigenvalue weighted by atomic mass is 16.2. The Morgan fingerprint density at radius 2 is 1.84 bits per heavy atom. The molecule has 2 amide bonds. The Morgan fingerprint density at radius 3 is 2.26 bits per heavy atom. The maximum absolute atomic E-state index is 12.5. The van der Waals surface area contributed by atoms with Crippen LogP contribution in [0.25, 0.3) is 0 Å². The zero-order valence-corrected chi connectivity index (χ0v) is 13.1. The van der Waals surface area contributed by atoms with Crippen LogP contribution in [0.15, 0.2) is 0 Å². The molecule has 1 aliphatic heterocycles. The molecule has 2 unspecified atom stereocenters. The van der Waals surface area contributed by atoms with Crippen molar-refractivity contribution < 1.29 is 9.59 Å². The Kier molecular flexibility index (Phi) is 4.99. The van der Waals surface area contributed by atoms with Crippen molar-refractivity contribution in [2.45, 2.75) is 66.5 Å². The summed E-state index contributed by atoms with van der Waals surface area (Å²) in [5, 5.41) is 2.86. The molecule has 2 atom stereocenters. The number of nitrogens with one attached hydrogen (secondary N) is 1. The van der Waals surface area contributed by atoms with Crippen molar-refractivity contribution in [3.8, 4) is 0 Å². The van der Waals surface area contributed by atoms with E-state index in [9.17, 15) is 9.59 Å². The fourth-order valence-electron chi connectivity index (χ4n) is 2.56. The second-order valence-corrected chi connectivity index (χ2v) is 6.95. The van der Waals surface area contributed by atoms with Gasteiger partial charge < -0.3 is 10.2 Å². The summed E-state index contributed by atoms with van der Waals surface area (Å²) >= 11 is 0. The molecule has 4 heteroatoms. The van der Waals surface area contributed by atoms with Gasteiger partial charge in [-0.3, -0.25) is 9.59 Å². The van der Waals surface area contributed by atoms with Crippen LogP contribution in [-0.2, 0) is 9.59 Å². The first-order chi connectivity index (χ1) is 8.68. The third-order valence-electron chi connectivity index (χ3n) is 3.63. The van der Waals surface area contributed by atoms with E-state index in [0.29, 0.717) is 18.9 Å². The summed E-state index contributed by atoms with van der Waals surface area (Å²) in [6.07, 6.45) is 1.58. The monoisotopic (exact) mass is 268 g/mol. The summed E-state index contributed by atoms with van der Waals surface area (Å²) in [6, 6.07) is -0.709. The lowest BCUT2D eigenvalue weighted by atomic mass is 9.82. The van der Waals surface area contributed by atoms with E-state index in [1.807, 2.05) is 27.7 Å². The number of carbonyl (C=O) groups is 2. The zero-order chi connectivity index (χ0) is 14.8. The van der Waals surface area contributed by atoms with Gasteiger partial charge in [-0.05, 0) is 24.2 Å². The Morgan fingerprint density at radius 1 is 1.26 bits per heavy atom. The van der Waals surface area contributed by atoms with Crippen LogP contribution >= 0.6 is 0 Å². The van der Waals surface area contributed by atoms with E-state index < -0.39 is 0 Å². The van der Waals surface area contributed by atoms with Crippen molar-refractivity contribution in [1.29, 1.82) is 0 Å². The van der Waals surface area contributed by atoms with Gasteiger partial charge in [-0.2, -0.15) is 0 Å². The predicted molar refractivity (Wildman–Crippen MR) is 76.6 cm³/mol. The normalized spacial score (nSPS) is 24.9. The molecule has 0 spiro atoms. The molecule has 1 fully saturated rings. The van der Waals surface area contributed by atoms with Crippen LogP contribution < -0.4 is 5.32 Å². The van der Waals surface area contributed by atoms with Crippen molar-refractivity contribution in [3.63, 3.8) is 0 Å². The Labute approximate surface area is 116 Å². The molecule has 1 N–H and O–H groups in total. The molecule has 0 bridgehead atoms. The number of nitrogens with zero attached hydrogens (tertiary/aromatic N) is 1. The van der Waals surface area contributed by atoms with E-state index in [2.05, 4.69) is 19.2 Å². The topological polar surface area (TPSA) is 49.4 Å². The molecule has 0 aliphatic carbocycles. The lowest BCUT2D eigenvalue weighted by Gasteiger charge is -2.44. The molecule has 0 aromatic rings. The lowest BCUT2D eigenvalue weighted by molar-refractivity contribution is -0.154. The number of hydrogen-bond donors (Lipinski definition) is 1. The molecule has 0 saturated carbocycles. The molecule has 110 valence electrons. The van der Waals surface area contributed by atoms with Crippen LogP contribution in [0.5, 0.6) is 0 Å². The van der Waals surface area contributed by atoms with Gasteiger partial charge in [0.15, 0.2) is 0 Å². The zero-order valence-electron chi connectivity index (χ0n) is 13.1. The molecule has 4 nitrogen and oxygen atoms in total. The molecule has 1 saturated heterocycles. The van der Waals surface area contributed by atoms with Crippen LogP contribution in [0.2, 0.25) is 0 Å². The van der Waals surface area contributed by atoms with Gasteiger partial charge in [-0.15, -0.1) is 0 Å².